The van der Waals surface area contributed by atoms with Crippen LogP contribution in [0.5, 0.6) is 0 Å². The SMILES string of the molecule is OCC1(I)C(O)C(O)CN1CCCc1ccccc1. The van der Waals surface area contributed by atoms with Crippen LogP contribution in [-0.2, 0) is 6.42 Å². The van der Waals surface area contributed by atoms with Gasteiger partial charge in [0.05, 0.1) is 12.7 Å². The van der Waals surface area contributed by atoms with E-state index in [-0.39, 0.29) is 6.61 Å². The maximum absolute atomic E-state index is 9.94. The van der Waals surface area contributed by atoms with Gasteiger partial charge in [0.1, 0.15) is 9.65 Å². The molecule has 3 atom stereocenters. The third kappa shape index (κ3) is 3.28. The molecule has 0 radical (unpaired) electrons. The average molecular weight is 377 g/mol. The monoisotopic (exact) mass is 377 g/mol. The Balaban J connectivity index is 1.89. The van der Waals surface area contributed by atoms with Gasteiger partial charge in [-0.3, -0.25) is 4.90 Å². The normalized spacial score (nSPS) is 31.8. The summed E-state index contributed by atoms with van der Waals surface area (Å²) in [5.41, 5.74) is 1.28. The van der Waals surface area contributed by atoms with E-state index in [9.17, 15) is 15.3 Å². The smallest absolute Gasteiger partial charge is 0.125 e. The number of rotatable bonds is 5. The van der Waals surface area contributed by atoms with Crippen LogP contribution in [0.2, 0.25) is 0 Å². The Hall–Kier alpha value is -0.210. The van der Waals surface area contributed by atoms with Gasteiger partial charge in [0.15, 0.2) is 0 Å². The number of hydrogen-bond donors (Lipinski definition) is 3. The highest BCUT2D eigenvalue weighted by Crippen LogP contribution is 2.35. The van der Waals surface area contributed by atoms with Crippen LogP contribution < -0.4 is 0 Å². The molecule has 19 heavy (non-hydrogen) atoms. The zero-order valence-corrected chi connectivity index (χ0v) is 12.9. The molecule has 0 saturated carbocycles. The quantitative estimate of drug-likeness (QED) is 0.403. The van der Waals surface area contributed by atoms with Crippen LogP contribution in [0, 0.1) is 0 Å². The minimum atomic E-state index is -0.894. The van der Waals surface area contributed by atoms with Crippen molar-refractivity contribution < 1.29 is 15.3 Å². The van der Waals surface area contributed by atoms with Gasteiger partial charge in [-0.2, -0.15) is 0 Å². The summed E-state index contributed by atoms with van der Waals surface area (Å²) < 4.78 is -0.756. The minimum Gasteiger partial charge on any atom is -0.393 e. The molecule has 5 heteroatoms. The molecule has 3 unspecified atom stereocenters. The molecule has 1 aliphatic rings. The number of β-amino-alcohol motifs (C(OH)–C–C–N with tert-alkyl or cyclic N) is 1. The first-order chi connectivity index (χ1) is 9.08. The van der Waals surface area contributed by atoms with E-state index >= 15 is 0 Å². The Morgan fingerprint density at radius 2 is 1.95 bits per heavy atom. The van der Waals surface area contributed by atoms with Crippen LogP contribution in [0.15, 0.2) is 30.3 Å². The molecule has 106 valence electrons. The summed E-state index contributed by atoms with van der Waals surface area (Å²) in [5.74, 6) is 0. The lowest BCUT2D eigenvalue weighted by atomic mass is 10.1. The van der Waals surface area contributed by atoms with Crippen molar-refractivity contribution in [1.82, 2.24) is 4.90 Å². The molecule has 1 saturated heterocycles. The first kappa shape index (κ1) is 15.2. The highest BCUT2D eigenvalue weighted by Gasteiger charge is 2.50. The van der Waals surface area contributed by atoms with Crippen LogP contribution in [-0.4, -0.2) is 55.7 Å². The molecule has 1 aromatic rings. The fourth-order valence-electron chi connectivity index (χ4n) is 2.55. The van der Waals surface area contributed by atoms with Gasteiger partial charge in [-0.05, 0) is 18.4 Å². The maximum Gasteiger partial charge on any atom is 0.125 e. The van der Waals surface area contributed by atoms with Crippen molar-refractivity contribution in [2.24, 2.45) is 0 Å². The topological polar surface area (TPSA) is 63.9 Å². The van der Waals surface area contributed by atoms with Gasteiger partial charge in [-0.15, -0.1) is 0 Å². The van der Waals surface area contributed by atoms with Crippen LogP contribution >= 0.6 is 22.6 Å². The molecular weight excluding hydrogens is 357 g/mol. The lowest BCUT2D eigenvalue weighted by molar-refractivity contribution is 0.0149. The molecule has 1 heterocycles. The Kier molecular flexibility index (Phi) is 5.19. The molecule has 3 N–H and O–H groups in total. The highest BCUT2D eigenvalue weighted by molar-refractivity contribution is 14.1. The van der Waals surface area contributed by atoms with E-state index in [1.54, 1.807) is 0 Å². The van der Waals surface area contributed by atoms with Crippen molar-refractivity contribution in [2.45, 2.75) is 28.6 Å². The average Bonchev–Trinajstić information content (AvgIpc) is 2.65. The fraction of sp³-hybridized carbons (Fsp3) is 0.571. The zero-order chi connectivity index (χ0) is 13.9. The summed E-state index contributed by atoms with van der Waals surface area (Å²) in [6.07, 6.45) is 0.228. The predicted molar refractivity (Wildman–Crippen MR) is 82.2 cm³/mol. The van der Waals surface area contributed by atoms with Gasteiger partial charge < -0.3 is 15.3 Å². The van der Waals surface area contributed by atoms with Crippen molar-refractivity contribution in [3.05, 3.63) is 35.9 Å². The summed E-state index contributed by atoms with van der Waals surface area (Å²) in [7, 11) is 0. The fourth-order valence-corrected chi connectivity index (χ4v) is 3.40. The Labute approximate surface area is 127 Å². The zero-order valence-electron chi connectivity index (χ0n) is 10.7. The minimum absolute atomic E-state index is 0.156. The molecule has 1 aromatic carbocycles. The summed E-state index contributed by atoms with van der Waals surface area (Å²) in [5, 5.41) is 29.2. The first-order valence-electron chi connectivity index (χ1n) is 6.53. The number of hydrogen-bond acceptors (Lipinski definition) is 4. The van der Waals surface area contributed by atoms with E-state index < -0.39 is 15.8 Å². The molecular formula is C14H20INO3. The van der Waals surface area contributed by atoms with E-state index in [1.807, 2.05) is 23.1 Å². The molecule has 0 aromatic heterocycles. The van der Waals surface area contributed by atoms with Crippen LogP contribution in [0.3, 0.4) is 0 Å². The number of alkyl halides is 1. The predicted octanol–water partition coefficient (Wildman–Crippen LogP) is 0.780. The van der Waals surface area contributed by atoms with E-state index in [4.69, 9.17) is 0 Å². The van der Waals surface area contributed by atoms with E-state index in [1.165, 1.54) is 5.56 Å². The number of aliphatic hydroxyl groups excluding tert-OH is 3. The summed E-state index contributed by atoms with van der Waals surface area (Å²) in [4.78, 5) is 1.98. The number of aliphatic hydroxyl groups is 3. The molecule has 0 bridgehead atoms. The second-order valence-electron chi connectivity index (χ2n) is 5.02. The van der Waals surface area contributed by atoms with E-state index in [0.717, 1.165) is 19.4 Å². The highest BCUT2D eigenvalue weighted by atomic mass is 127. The standard InChI is InChI=1S/C14H20INO3/c15-14(10-17)13(19)12(18)9-16(14)8-4-7-11-5-2-1-3-6-11/h1-3,5-6,12-13,17-19H,4,7-10H2. The molecule has 0 spiro atoms. The van der Waals surface area contributed by atoms with Gasteiger partial charge >= 0.3 is 0 Å². The van der Waals surface area contributed by atoms with Crippen molar-refractivity contribution in [3.63, 3.8) is 0 Å². The third-order valence-electron chi connectivity index (χ3n) is 3.71. The molecule has 1 fully saturated rings. The van der Waals surface area contributed by atoms with Gasteiger partial charge in [-0.1, -0.05) is 52.9 Å². The van der Waals surface area contributed by atoms with Crippen molar-refractivity contribution >= 4 is 22.6 Å². The number of benzene rings is 1. The van der Waals surface area contributed by atoms with Crippen LogP contribution in [0.4, 0.5) is 0 Å². The van der Waals surface area contributed by atoms with Crippen molar-refractivity contribution in [3.8, 4) is 0 Å². The second kappa shape index (κ2) is 6.49. The maximum atomic E-state index is 9.94. The summed E-state index contributed by atoms with van der Waals surface area (Å²) in [6, 6.07) is 10.2. The molecule has 0 aliphatic carbocycles. The van der Waals surface area contributed by atoms with Gasteiger partial charge in [-0.25, -0.2) is 0 Å². The number of halogens is 1. The summed E-state index contributed by atoms with van der Waals surface area (Å²) in [6.45, 7) is 1.02. The third-order valence-corrected chi connectivity index (χ3v) is 5.37. The van der Waals surface area contributed by atoms with Crippen LogP contribution in [0.1, 0.15) is 12.0 Å². The van der Waals surface area contributed by atoms with Gasteiger partial charge in [0.2, 0.25) is 0 Å². The lowest BCUT2D eigenvalue weighted by Gasteiger charge is -2.33. The van der Waals surface area contributed by atoms with E-state index in [2.05, 4.69) is 34.7 Å². The second-order valence-corrected chi connectivity index (χ2v) is 6.89. The molecule has 2 rings (SSSR count). The Bertz CT molecular complexity index is 403. The van der Waals surface area contributed by atoms with Crippen molar-refractivity contribution in [1.29, 1.82) is 0 Å². The molecule has 4 nitrogen and oxygen atoms in total. The molecule has 0 amide bonds. The summed E-state index contributed by atoms with van der Waals surface area (Å²) >= 11 is 2.05. The Morgan fingerprint density at radius 3 is 2.58 bits per heavy atom. The van der Waals surface area contributed by atoms with Gasteiger partial charge in [0.25, 0.3) is 0 Å². The van der Waals surface area contributed by atoms with Crippen LogP contribution in [0.25, 0.3) is 0 Å². The Morgan fingerprint density at radius 1 is 1.26 bits per heavy atom. The molecule has 1 aliphatic heterocycles. The van der Waals surface area contributed by atoms with E-state index in [0.29, 0.717) is 6.54 Å². The lowest BCUT2D eigenvalue weighted by Crippen LogP contribution is -2.49. The largest absolute Gasteiger partial charge is 0.393 e. The number of likely N-dealkylation sites (tertiary alicyclic amines) is 1. The number of aryl methyl sites for hydroxylation is 1. The number of nitrogens with zero attached hydrogens (tertiary/aromatic N) is 1. The first-order valence-corrected chi connectivity index (χ1v) is 7.60. The van der Waals surface area contributed by atoms with Gasteiger partial charge in [0, 0.05) is 13.1 Å². The van der Waals surface area contributed by atoms with Crippen molar-refractivity contribution in [2.75, 3.05) is 19.7 Å².